The van der Waals surface area contributed by atoms with Crippen molar-refractivity contribution >= 4 is 23.7 Å². The van der Waals surface area contributed by atoms with Gasteiger partial charge in [-0.2, -0.15) is 0 Å². The van der Waals surface area contributed by atoms with Crippen LogP contribution in [0.4, 0.5) is 0 Å². The van der Waals surface area contributed by atoms with Crippen LogP contribution in [0.2, 0.25) is 0 Å². The Morgan fingerprint density at radius 1 is 0.676 bits per heavy atom. The fraction of sp³-hybridized carbons (Fsp3) is 0.846. The van der Waals surface area contributed by atoms with Gasteiger partial charge in [-0.05, 0) is 32.6 Å². The summed E-state index contributed by atoms with van der Waals surface area (Å²) in [6.45, 7) is 5.65. The number of carbonyl (C=O) groups is 4. The SMILES string of the molecule is CCCCCCCCCC(CCCCCCCC)(OC(=O)CC(O)(CC(=O)O)C(=O)O)C(C)=O. The monoisotopic (exact) mass is 486 g/mol. The molecule has 2 atom stereocenters. The zero-order chi connectivity index (χ0) is 26.0. The van der Waals surface area contributed by atoms with Crippen LogP contribution in [0.15, 0.2) is 0 Å². The Morgan fingerprint density at radius 2 is 1.09 bits per heavy atom. The fourth-order valence-electron chi connectivity index (χ4n) is 4.17. The molecule has 0 amide bonds. The van der Waals surface area contributed by atoms with Crippen LogP contribution in [0.1, 0.15) is 130 Å². The van der Waals surface area contributed by atoms with Crippen LogP contribution in [0.25, 0.3) is 0 Å². The standard InChI is InChI=1S/C26H46O8/c1-4-6-8-10-12-14-16-18-26(21(3)27,17-15-13-11-9-7-5-2)34-23(30)20-25(33,24(31)32)19-22(28)29/h33H,4-20H2,1-3H3,(H,28,29)(H,31,32). The second-order valence-corrected chi connectivity index (χ2v) is 9.50. The minimum absolute atomic E-state index is 0.308. The average molecular weight is 487 g/mol. The second-order valence-electron chi connectivity index (χ2n) is 9.50. The summed E-state index contributed by atoms with van der Waals surface area (Å²) in [5.74, 6) is -4.75. The normalized spacial score (nSPS) is 14.7. The van der Waals surface area contributed by atoms with E-state index >= 15 is 0 Å². The number of rotatable bonds is 22. The molecule has 0 aliphatic rings. The van der Waals surface area contributed by atoms with Crippen LogP contribution in [0, 0.1) is 0 Å². The van der Waals surface area contributed by atoms with Crippen LogP contribution >= 0.6 is 0 Å². The Bertz CT molecular complexity index is 632. The Hall–Kier alpha value is -1.96. The lowest BCUT2D eigenvalue weighted by molar-refractivity contribution is -0.181. The Kier molecular flexibility index (Phi) is 16.5. The fourth-order valence-corrected chi connectivity index (χ4v) is 4.17. The van der Waals surface area contributed by atoms with Crippen molar-refractivity contribution in [3.05, 3.63) is 0 Å². The largest absolute Gasteiger partial charge is 0.481 e. The molecule has 0 fully saturated rings. The van der Waals surface area contributed by atoms with Crippen molar-refractivity contribution in [1.82, 2.24) is 0 Å². The number of aliphatic carboxylic acids is 2. The van der Waals surface area contributed by atoms with E-state index in [4.69, 9.17) is 9.84 Å². The second kappa shape index (κ2) is 17.5. The van der Waals surface area contributed by atoms with Crippen molar-refractivity contribution in [1.29, 1.82) is 0 Å². The van der Waals surface area contributed by atoms with Gasteiger partial charge in [0, 0.05) is 0 Å². The van der Waals surface area contributed by atoms with E-state index < -0.39 is 42.0 Å². The first-order chi connectivity index (χ1) is 16.0. The van der Waals surface area contributed by atoms with Crippen LogP contribution in [0.3, 0.4) is 0 Å². The molecule has 0 saturated heterocycles. The molecule has 0 rings (SSSR count). The summed E-state index contributed by atoms with van der Waals surface area (Å²) in [4.78, 5) is 47.8. The van der Waals surface area contributed by atoms with Crippen LogP contribution < -0.4 is 0 Å². The van der Waals surface area contributed by atoms with Gasteiger partial charge < -0.3 is 20.1 Å². The summed E-state index contributed by atoms with van der Waals surface area (Å²) in [7, 11) is 0. The highest BCUT2D eigenvalue weighted by atomic mass is 16.6. The van der Waals surface area contributed by atoms with E-state index in [1.165, 1.54) is 19.8 Å². The smallest absolute Gasteiger partial charge is 0.336 e. The molecular formula is C26H46O8. The third-order valence-electron chi connectivity index (χ3n) is 6.35. The lowest BCUT2D eigenvalue weighted by Gasteiger charge is -2.32. The topological polar surface area (TPSA) is 138 Å². The van der Waals surface area contributed by atoms with Gasteiger partial charge in [0.1, 0.15) is 0 Å². The summed E-state index contributed by atoms with van der Waals surface area (Å²) in [5, 5.41) is 28.4. The van der Waals surface area contributed by atoms with Gasteiger partial charge in [-0.1, -0.05) is 84.5 Å². The quantitative estimate of drug-likeness (QED) is 0.136. The molecule has 8 heteroatoms. The number of unbranched alkanes of at least 4 members (excludes halogenated alkanes) is 11. The van der Waals surface area contributed by atoms with Gasteiger partial charge in [0.25, 0.3) is 0 Å². The third-order valence-corrected chi connectivity index (χ3v) is 6.35. The minimum Gasteiger partial charge on any atom is -0.481 e. The van der Waals surface area contributed by atoms with E-state index in [0.717, 1.165) is 57.8 Å². The van der Waals surface area contributed by atoms with E-state index in [2.05, 4.69) is 13.8 Å². The van der Waals surface area contributed by atoms with Gasteiger partial charge in [-0.25, -0.2) is 4.79 Å². The number of ketones is 1. The van der Waals surface area contributed by atoms with E-state index in [0.29, 0.717) is 25.7 Å². The maximum Gasteiger partial charge on any atom is 0.336 e. The number of Topliss-reactive ketones (excluding diaryl/α,β-unsaturated/α-hetero) is 1. The summed E-state index contributed by atoms with van der Waals surface area (Å²) in [5.41, 5.74) is -4.17. The van der Waals surface area contributed by atoms with Gasteiger partial charge >= 0.3 is 17.9 Å². The van der Waals surface area contributed by atoms with Gasteiger partial charge in [-0.15, -0.1) is 0 Å². The summed E-state index contributed by atoms with van der Waals surface area (Å²) in [6.07, 6.45) is 11.7. The van der Waals surface area contributed by atoms with Crippen LogP contribution in [0.5, 0.6) is 0 Å². The number of carboxylic acid groups (broad SMARTS) is 2. The molecule has 3 N–H and O–H groups in total. The van der Waals surface area contributed by atoms with Crippen molar-refractivity contribution in [3.8, 4) is 0 Å². The van der Waals surface area contributed by atoms with Crippen molar-refractivity contribution in [2.45, 2.75) is 141 Å². The lowest BCUT2D eigenvalue weighted by atomic mass is 9.85. The molecule has 2 unspecified atom stereocenters. The number of ether oxygens (including phenoxy) is 1. The molecule has 0 spiro atoms. The molecule has 0 aliphatic heterocycles. The summed E-state index contributed by atoms with van der Waals surface area (Å²) >= 11 is 0. The minimum atomic E-state index is -2.79. The van der Waals surface area contributed by atoms with E-state index in [1.807, 2.05) is 0 Å². The van der Waals surface area contributed by atoms with Gasteiger partial charge in [0.05, 0.1) is 12.8 Å². The van der Waals surface area contributed by atoms with Crippen LogP contribution in [-0.2, 0) is 23.9 Å². The molecule has 8 nitrogen and oxygen atoms in total. The number of carboxylic acids is 2. The zero-order valence-corrected chi connectivity index (χ0v) is 21.4. The Labute approximate surface area is 204 Å². The van der Waals surface area contributed by atoms with Gasteiger partial charge in [0.15, 0.2) is 17.0 Å². The first-order valence-electron chi connectivity index (χ1n) is 12.9. The van der Waals surface area contributed by atoms with Crippen molar-refractivity contribution in [2.24, 2.45) is 0 Å². The van der Waals surface area contributed by atoms with Crippen molar-refractivity contribution < 1.29 is 39.2 Å². The first-order valence-corrected chi connectivity index (χ1v) is 12.9. The Morgan fingerprint density at radius 3 is 1.44 bits per heavy atom. The number of carbonyl (C=O) groups excluding carboxylic acids is 2. The van der Waals surface area contributed by atoms with Crippen LogP contribution in [-0.4, -0.2) is 50.2 Å². The molecular weight excluding hydrogens is 440 g/mol. The predicted molar refractivity (Wildman–Crippen MR) is 130 cm³/mol. The maximum atomic E-state index is 12.7. The average Bonchev–Trinajstić information content (AvgIpc) is 2.74. The van der Waals surface area contributed by atoms with Gasteiger partial charge in [0.2, 0.25) is 0 Å². The highest BCUT2D eigenvalue weighted by Crippen LogP contribution is 2.30. The van der Waals surface area contributed by atoms with Crippen molar-refractivity contribution in [2.75, 3.05) is 0 Å². The molecule has 34 heavy (non-hydrogen) atoms. The Balaban J connectivity index is 5.28. The summed E-state index contributed by atoms with van der Waals surface area (Å²) in [6, 6.07) is 0. The maximum absolute atomic E-state index is 12.7. The molecule has 0 aromatic heterocycles. The number of aliphatic hydroxyl groups is 1. The van der Waals surface area contributed by atoms with E-state index in [1.54, 1.807) is 0 Å². The number of hydrogen-bond donors (Lipinski definition) is 3. The zero-order valence-electron chi connectivity index (χ0n) is 21.4. The van der Waals surface area contributed by atoms with Crippen molar-refractivity contribution in [3.63, 3.8) is 0 Å². The molecule has 0 saturated carbocycles. The van der Waals surface area contributed by atoms with E-state index in [-0.39, 0.29) is 5.78 Å². The molecule has 0 aromatic rings. The predicted octanol–water partition coefficient (Wildman–Crippen LogP) is 5.43. The molecule has 0 aliphatic carbocycles. The summed E-state index contributed by atoms with van der Waals surface area (Å²) < 4.78 is 5.60. The molecule has 198 valence electrons. The molecule has 0 aromatic carbocycles. The van der Waals surface area contributed by atoms with Gasteiger partial charge in [-0.3, -0.25) is 14.4 Å². The number of hydrogen-bond acceptors (Lipinski definition) is 6. The first kappa shape index (κ1) is 32.0. The number of esters is 1. The molecule has 0 heterocycles. The highest BCUT2D eigenvalue weighted by molar-refractivity contribution is 5.91. The lowest BCUT2D eigenvalue weighted by Crippen LogP contribution is -2.47. The van der Waals surface area contributed by atoms with E-state index in [9.17, 15) is 29.4 Å². The highest BCUT2D eigenvalue weighted by Gasteiger charge is 2.45. The third kappa shape index (κ3) is 13.1. The molecule has 0 bridgehead atoms. The molecule has 0 radical (unpaired) electrons.